The Hall–Kier alpha value is -0.240. The van der Waals surface area contributed by atoms with Crippen molar-refractivity contribution in [1.29, 1.82) is 0 Å². The minimum atomic E-state index is 0. The number of hydrogen-bond donors (Lipinski definition) is 0. The van der Waals surface area contributed by atoms with Gasteiger partial charge in [-0.15, -0.1) is 12.4 Å². The van der Waals surface area contributed by atoms with Crippen molar-refractivity contribution in [2.45, 2.75) is 13.8 Å². The maximum absolute atomic E-state index is 9.89. The maximum atomic E-state index is 9.89. The first-order valence-corrected chi connectivity index (χ1v) is 2.54. The van der Waals surface area contributed by atoms with E-state index in [2.05, 4.69) is 0 Å². The molecule has 0 radical (unpaired) electrons. The molecule has 0 aromatic rings. The molecule has 0 aliphatic carbocycles. The van der Waals surface area contributed by atoms with E-state index in [9.17, 15) is 4.79 Å². The molecule has 0 spiro atoms. The van der Waals surface area contributed by atoms with Gasteiger partial charge in [-0.1, -0.05) is 0 Å². The van der Waals surface area contributed by atoms with Crippen molar-refractivity contribution in [3.8, 4) is 0 Å². The number of halogens is 1. The van der Waals surface area contributed by atoms with Gasteiger partial charge >= 0.3 is 0 Å². The summed E-state index contributed by atoms with van der Waals surface area (Å²) in [7, 11) is 0. The highest BCUT2D eigenvalue weighted by Crippen LogP contribution is 1.75. The van der Waals surface area contributed by atoms with E-state index in [0.29, 0.717) is 0 Å². The highest BCUT2D eigenvalue weighted by atomic mass is 35.5. The van der Waals surface area contributed by atoms with Crippen molar-refractivity contribution in [2.75, 3.05) is 13.1 Å². The number of amides is 1. The quantitative estimate of drug-likeness (QED) is 0.530. The molecule has 1 amide bonds. The van der Waals surface area contributed by atoms with Gasteiger partial charge in [0.2, 0.25) is 6.41 Å². The SMILES string of the molecule is CCN(C=O)CC.Cl. The second-order valence-corrected chi connectivity index (χ2v) is 1.33. The Balaban J connectivity index is 0. The van der Waals surface area contributed by atoms with E-state index in [1.165, 1.54) is 0 Å². The summed E-state index contributed by atoms with van der Waals surface area (Å²) in [4.78, 5) is 11.6. The van der Waals surface area contributed by atoms with Crippen LogP contribution in [0, 0.1) is 0 Å². The van der Waals surface area contributed by atoms with Gasteiger partial charge in [0.05, 0.1) is 0 Å². The maximum Gasteiger partial charge on any atom is 0.209 e. The molecule has 0 heterocycles. The van der Waals surface area contributed by atoms with Gasteiger partial charge in [0.25, 0.3) is 0 Å². The number of hydrogen-bond acceptors (Lipinski definition) is 1. The molecule has 0 aromatic carbocycles. The average Bonchev–Trinajstić information content (AvgIpc) is 1.72. The van der Waals surface area contributed by atoms with E-state index >= 15 is 0 Å². The normalized spacial score (nSPS) is 7.25. The number of nitrogens with zero attached hydrogens (tertiary/aromatic N) is 1. The fraction of sp³-hybridized carbons (Fsp3) is 0.800. The predicted octanol–water partition coefficient (Wildman–Crippen LogP) is 0.906. The van der Waals surface area contributed by atoms with Crippen LogP contribution in [-0.4, -0.2) is 24.4 Å². The van der Waals surface area contributed by atoms with Crippen molar-refractivity contribution in [3.63, 3.8) is 0 Å². The first-order valence-electron chi connectivity index (χ1n) is 2.54. The number of carbonyl (C=O) groups excluding carboxylic acids is 1. The lowest BCUT2D eigenvalue weighted by Crippen LogP contribution is -2.19. The Labute approximate surface area is 56.3 Å². The zero-order chi connectivity index (χ0) is 5.70. The van der Waals surface area contributed by atoms with E-state index in [1.807, 2.05) is 13.8 Å². The molecule has 0 atom stereocenters. The van der Waals surface area contributed by atoms with Crippen LogP contribution in [-0.2, 0) is 4.79 Å². The standard InChI is InChI=1S/C5H11NO.ClH/c1-3-6(4-2)5-7;/h5H,3-4H2,1-2H3;1H. The molecule has 0 rings (SSSR count). The molecular formula is C5H12ClNO. The molecule has 0 aliphatic rings. The molecule has 2 nitrogen and oxygen atoms in total. The third-order valence-corrected chi connectivity index (χ3v) is 0.961. The highest BCUT2D eigenvalue weighted by Gasteiger charge is 1.87. The monoisotopic (exact) mass is 137 g/mol. The van der Waals surface area contributed by atoms with Crippen molar-refractivity contribution in [2.24, 2.45) is 0 Å². The van der Waals surface area contributed by atoms with Crippen LogP contribution in [0.25, 0.3) is 0 Å². The second kappa shape index (κ2) is 6.76. The predicted molar refractivity (Wildman–Crippen MR) is 36.2 cm³/mol. The summed E-state index contributed by atoms with van der Waals surface area (Å²) < 4.78 is 0. The molecule has 50 valence electrons. The summed E-state index contributed by atoms with van der Waals surface area (Å²) in [6.45, 7) is 5.55. The van der Waals surface area contributed by atoms with Crippen LogP contribution >= 0.6 is 12.4 Å². The zero-order valence-electron chi connectivity index (χ0n) is 5.26. The summed E-state index contributed by atoms with van der Waals surface area (Å²) in [5, 5.41) is 0. The Morgan fingerprint density at radius 2 is 1.75 bits per heavy atom. The second-order valence-electron chi connectivity index (χ2n) is 1.33. The van der Waals surface area contributed by atoms with Gasteiger partial charge in [-0.25, -0.2) is 0 Å². The summed E-state index contributed by atoms with van der Waals surface area (Å²) in [6.07, 6.45) is 0.861. The summed E-state index contributed by atoms with van der Waals surface area (Å²) in [5.41, 5.74) is 0. The molecule has 0 saturated heterocycles. The number of carbonyl (C=O) groups is 1. The van der Waals surface area contributed by atoms with Crippen LogP contribution in [0.4, 0.5) is 0 Å². The fourth-order valence-electron chi connectivity index (χ4n) is 0.373. The fourth-order valence-corrected chi connectivity index (χ4v) is 0.373. The lowest BCUT2D eigenvalue weighted by Gasteiger charge is -2.08. The first-order chi connectivity index (χ1) is 3.35. The van der Waals surface area contributed by atoms with Crippen LogP contribution in [0.1, 0.15) is 13.8 Å². The molecule has 3 heteroatoms. The van der Waals surface area contributed by atoms with Gasteiger partial charge in [0.1, 0.15) is 0 Å². The van der Waals surface area contributed by atoms with Crippen molar-refractivity contribution < 1.29 is 4.79 Å². The Morgan fingerprint density at radius 3 is 1.75 bits per heavy atom. The molecule has 0 unspecified atom stereocenters. The average molecular weight is 138 g/mol. The van der Waals surface area contributed by atoms with Crippen molar-refractivity contribution in [3.05, 3.63) is 0 Å². The molecular weight excluding hydrogens is 126 g/mol. The smallest absolute Gasteiger partial charge is 0.209 e. The minimum Gasteiger partial charge on any atom is -0.346 e. The largest absolute Gasteiger partial charge is 0.346 e. The number of rotatable bonds is 3. The van der Waals surface area contributed by atoms with Crippen molar-refractivity contribution in [1.82, 2.24) is 4.90 Å². The topological polar surface area (TPSA) is 20.3 Å². The van der Waals surface area contributed by atoms with E-state index in [1.54, 1.807) is 4.90 Å². The van der Waals surface area contributed by atoms with Gasteiger partial charge in [0.15, 0.2) is 0 Å². The lowest BCUT2D eigenvalue weighted by molar-refractivity contribution is -0.117. The molecule has 0 aromatic heterocycles. The molecule has 8 heavy (non-hydrogen) atoms. The van der Waals surface area contributed by atoms with Crippen molar-refractivity contribution >= 4 is 18.8 Å². The van der Waals surface area contributed by atoms with Crippen LogP contribution in [0.15, 0.2) is 0 Å². The molecule has 0 aliphatic heterocycles. The molecule has 0 bridgehead atoms. The Morgan fingerprint density at radius 1 is 1.38 bits per heavy atom. The summed E-state index contributed by atoms with van der Waals surface area (Å²) in [5.74, 6) is 0. The van der Waals surface area contributed by atoms with E-state index < -0.39 is 0 Å². The van der Waals surface area contributed by atoms with Gasteiger partial charge < -0.3 is 4.90 Å². The Kier molecular flexibility index (Phi) is 9.03. The highest BCUT2D eigenvalue weighted by molar-refractivity contribution is 5.85. The van der Waals surface area contributed by atoms with Gasteiger partial charge in [-0.2, -0.15) is 0 Å². The molecule has 0 saturated carbocycles. The lowest BCUT2D eigenvalue weighted by atomic mass is 10.6. The van der Waals surface area contributed by atoms with E-state index in [-0.39, 0.29) is 12.4 Å². The third kappa shape index (κ3) is 3.93. The Bertz CT molecular complexity index is 54.4. The minimum absolute atomic E-state index is 0. The molecule has 0 fully saturated rings. The van der Waals surface area contributed by atoms with E-state index in [4.69, 9.17) is 0 Å². The first kappa shape index (κ1) is 10.7. The molecule has 0 N–H and O–H groups in total. The third-order valence-electron chi connectivity index (χ3n) is 0.961. The van der Waals surface area contributed by atoms with Crippen LogP contribution < -0.4 is 0 Å². The van der Waals surface area contributed by atoms with E-state index in [0.717, 1.165) is 19.5 Å². The van der Waals surface area contributed by atoms with Crippen LogP contribution in [0.3, 0.4) is 0 Å². The summed E-state index contributed by atoms with van der Waals surface area (Å²) in [6, 6.07) is 0. The van der Waals surface area contributed by atoms with Gasteiger partial charge in [0, 0.05) is 13.1 Å². The zero-order valence-corrected chi connectivity index (χ0v) is 6.07. The van der Waals surface area contributed by atoms with Crippen LogP contribution in [0.2, 0.25) is 0 Å². The van der Waals surface area contributed by atoms with Gasteiger partial charge in [-0.05, 0) is 13.8 Å². The van der Waals surface area contributed by atoms with Gasteiger partial charge in [-0.3, -0.25) is 4.79 Å². The summed E-state index contributed by atoms with van der Waals surface area (Å²) >= 11 is 0. The van der Waals surface area contributed by atoms with Crippen LogP contribution in [0.5, 0.6) is 0 Å².